The van der Waals surface area contributed by atoms with Crippen LogP contribution in [0.3, 0.4) is 0 Å². The molecule has 2 aromatic rings. The number of aromatic amines is 1. The van der Waals surface area contributed by atoms with E-state index in [0.29, 0.717) is 22.3 Å². The van der Waals surface area contributed by atoms with E-state index in [2.05, 4.69) is 20.3 Å². The van der Waals surface area contributed by atoms with E-state index in [-0.39, 0.29) is 28.1 Å². The number of carbonyl (C=O) groups excluding carboxylic acids is 1. The normalized spacial score (nSPS) is 10.6. The molecule has 0 unspecified atom stereocenters. The van der Waals surface area contributed by atoms with Crippen molar-refractivity contribution in [2.75, 3.05) is 11.1 Å². The van der Waals surface area contributed by atoms with E-state index >= 15 is 0 Å². The lowest BCUT2D eigenvalue weighted by atomic mass is 10.2. The van der Waals surface area contributed by atoms with Crippen molar-refractivity contribution in [3.63, 3.8) is 0 Å². The molecule has 2 heterocycles. The molecule has 0 aliphatic carbocycles. The van der Waals surface area contributed by atoms with Gasteiger partial charge in [-0.2, -0.15) is 0 Å². The van der Waals surface area contributed by atoms with Crippen LogP contribution in [0.5, 0.6) is 0 Å². The van der Waals surface area contributed by atoms with Gasteiger partial charge >= 0.3 is 0 Å². The fourth-order valence-electron chi connectivity index (χ4n) is 1.74. The first kappa shape index (κ1) is 17.8. The maximum absolute atomic E-state index is 11.9. The highest BCUT2D eigenvalue weighted by Gasteiger charge is 2.10. The van der Waals surface area contributed by atoms with Crippen LogP contribution in [-0.4, -0.2) is 26.6 Å². The minimum absolute atomic E-state index is 0.0686. The number of anilines is 1. The predicted molar refractivity (Wildman–Crippen MR) is 92.5 cm³/mol. The SMILES string of the molecule is CCCc1cc(=O)[nH]c(SCC(=O)Nc2ncc(Cl)cc2Cl)n1. The van der Waals surface area contributed by atoms with Crippen LogP contribution in [0.1, 0.15) is 19.0 Å². The van der Waals surface area contributed by atoms with Crippen LogP contribution >= 0.6 is 35.0 Å². The fraction of sp³-hybridized carbons (Fsp3) is 0.286. The Morgan fingerprint density at radius 3 is 2.87 bits per heavy atom. The first-order valence-corrected chi connectivity index (χ1v) is 8.56. The maximum atomic E-state index is 11.9. The highest BCUT2D eigenvalue weighted by atomic mass is 35.5. The average molecular weight is 373 g/mol. The molecule has 2 rings (SSSR count). The Hall–Kier alpha value is -1.57. The number of rotatable bonds is 6. The van der Waals surface area contributed by atoms with Gasteiger partial charge in [-0.05, 0) is 12.5 Å². The molecule has 2 aromatic heterocycles. The van der Waals surface area contributed by atoms with E-state index < -0.39 is 0 Å². The van der Waals surface area contributed by atoms with Crippen LogP contribution in [0.25, 0.3) is 0 Å². The van der Waals surface area contributed by atoms with Gasteiger partial charge in [0.2, 0.25) is 5.91 Å². The van der Waals surface area contributed by atoms with Crippen molar-refractivity contribution in [3.05, 3.63) is 44.4 Å². The summed E-state index contributed by atoms with van der Waals surface area (Å²) in [6.45, 7) is 2.01. The summed E-state index contributed by atoms with van der Waals surface area (Å²) in [5.74, 6) is -0.00258. The molecular weight excluding hydrogens is 359 g/mol. The first-order valence-electron chi connectivity index (χ1n) is 6.82. The largest absolute Gasteiger partial charge is 0.309 e. The summed E-state index contributed by atoms with van der Waals surface area (Å²) >= 11 is 12.8. The first-order chi connectivity index (χ1) is 11.0. The standard InChI is InChI=1S/C14H14Cl2N4O2S/c1-2-3-9-5-11(21)20-14(18-9)23-7-12(22)19-13-10(16)4-8(15)6-17-13/h4-6H,2-3,7H2,1H3,(H,17,19,22)(H,18,20,21). The Morgan fingerprint density at radius 2 is 2.17 bits per heavy atom. The number of hydrogen-bond donors (Lipinski definition) is 2. The Balaban J connectivity index is 1.97. The summed E-state index contributed by atoms with van der Waals surface area (Å²) in [5, 5.41) is 3.63. The van der Waals surface area contributed by atoms with Gasteiger partial charge in [-0.25, -0.2) is 9.97 Å². The number of thioether (sulfide) groups is 1. The minimum Gasteiger partial charge on any atom is -0.309 e. The van der Waals surface area contributed by atoms with Crippen LogP contribution in [-0.2, 0) is 11.2 Å². The Kier molecular flexibility index (Phi) is 6.44. The Morgan fingerprint density at radius 1 is 1.39 bits per heavy atom. The molecule has 1 amide bonds. The second-order valence-electron chi connectivity index (χ2n) is 4.61. The van der Waals surface area contributed by atoms with Gasteiger partial charge in [0.05, 0.1) is 15.8 Å². The number of pyridine rings is 1. The van der Waals surface area contributed by atoms with Gasteiger partial charge in [-0.3, -0.25) is 9.59 Å². The number of aromatic nitrogens is 3. The van der Waals surface area contributed by atoms with Gasteiger partial charge in [-0.15, -0.1) is 0 Å². The van der Waals surface area contributed by atoms with Gasteiger partial charge in [0.15, 0.2) is 11.0 Å². The van der Waals surface area contributed by atoms with E-state index in [1.54, 1.807) is 0 Å². The molecule has 0 bridgehead atoms. The molecule has 23 heavy (non-hydrogen) atoms. The van der Waals surface area contributed by atoms with Gasteiger partial charge in [0.1, 0.15) is 0 Å². The number of H-pyrrole nitrogens is 1. The molecule has 2 N–H and O–H groups in total. The summed E-state index contributed by atoms with van der Waals surface area (Å²) in [5.41, 5.74) is 0.482. The molecule has 0 saturated carbocycles. The van der Waals surface area contributed by atoms with Crippen molar-refractivity contribution in [2.45, 2.75) is 24.9 Å². The number of aryl methyl sites for hydroxylation is 1. The van der Waals surface area contributed by atoms with Crippen molar-refractivity contribution in [2.24, 2.45) is 0 Å². The molecule has 0 atom stereocenters. The molecule has 0 fully saturated rings. The van der Waals surface area contributed by atoms with E-state index in [1.165, 1.54) is 18.3 Å². The quantitative estimate of drug-likeness (QED) is 0.600. The van der Waals surface area contributed by atoms with E-state index in [0.717, 1.165) is 18.2 Å². The van der Waals surface area contributed by atoms with Crippen molar-refractivity contribution in [3.8, 4) is 0 Å². The molecule has 6 nitrogen and oxygen atoms in total. The van der Waals surface area contributed by atoms with Gasteiger partial charge in [0.25, 0.3) is 5.56 Å². The molecule has 0 saturated heterocycles. The van der Waals surface area contributed by atoms with Crippen LogP contribution in [0, 0.1) is 0 Å². The fourth-order valence-corrected chi connectivity index (χ4v) is 2.87. The van der Waals surface area contributed by atoms with Gasteiger partial charge < -0.3 is 10.3 Å². The Labute approximate surface area is 147 Å². The third kappa shape index (κ3) is 5.53. The monoisotopic (exact) mass is 372 g/mol. The maximum Gasteiger partial charge on any atom is 0.251 e. The zero-order valence-electron chi connectivity index (χ0n) is 12.2. The highest BCUT2D eigenvalue weighted by Crippen LogP contribution is 2.23. The number of nitrogens with one attached hydrogen (secondary N) is 2. The van der Waals surface area contributed by atoms with Crippen molar-refractivity contribution >= 4 is 46.7 Å². The Bertz CT molecular complexity index is 767. The summed E-state index contributed by atoms with van der Waals surface area (Å²) < 4.78 is 0. The average Bonchev–Trinajstić information content (AvgIpc) is 2.48. The molecule has 0 radical (unpaired) electrons. The van der Waals surface area contributed by atoms with Crippen LogP contribution in [0.15, 0.2) is 28.3 Å². The number of hydrogen-bond acceptors (Lipinski definition) is 5. The highest BCUT2D eigenvalue weighted by molar-refractivity contribution is 7.99. The lowest BCUT2D eigenvalue weighted by molar-refractivity contribution is -0.113. The summed E-state index contributed by atoms with van der Waals surface area (Å²) in [6.07, 6.45) is 3.00. The third-order valence-corrected chi connectivity index (χ3v) is 4.05. The topological polar surface area (TPSA) is 87.7 Å². The summed E-state index contributed by atoms with van der Waals surface area (Å²) in [4.78, 5) is 34.3. The van der Waals surface area contributed by atoms with Crippen LogP contribution in [0.2, 0.25) is 10.0 Å². The number of halogens is 2. The molecule has 0 aliphatic rings. The van der Waals surface area contributed by atoms with E-state index in [9.17, 15) is 9.59 Å². The van der Waals surface area contributed by atoms with Crippen LogP contribution in [0.4, 0.5) is 5.82 Å². The van der Waals surface area contributed by atoms with Gasteiger partial charge in [-0.1, -0.05) is 48.3 Å². The second kappa shape index (κ2) is 8.33. The van der Waals surface area contributed by atoms with Crippen molar-refractivity contribution < 1.29 is 4.79 Å². The van der Waals surface area contributed by atoms with Crippen molar-refractivity contribution in [1.29, 1.82) is 0 Å². The van der Waals surface area contributed by atoms with Crippen LogP contribution < -0.4 is 10.9 Å². The van der Waals surface area contributed by atoms with E-state index in [1.807, 2.05) is 6.92 Å². The minimum atomic E-state index is -0.310. The number of nitrogens with zero attached hydrogens (tertiary/aromatic N) is 2. The lowest BCUT2D eigenvalue weighted by Crippen LogP contribution is -2.16. The second-order valence-corrected chi connectivity index (χ2v) is 6.42. The predicted octanol–water partition coefficient (Wildman–Crippen LogP) is 3.16. The molecule has 0 spiro atoms. The molecule has 0 aromatic carbocycles. The summed E-state index contributed by atoms with van der Waals surface area (Å²) in [7, 11) is 0. The summed E-state index contributed by atoms with van der Waals surface area (Å²) in [6, 6.07) is 2.96. The number of amides is 1. The molecule has 122 valence electrons. The number of carbonyl (C=O) groups is 1. The molecule has 9 heteroatoms. The molecule has 0 aliphatic heterocycles. The zero-order chi connectivity index (χ0) is 16.8. The van der Waals surface area contributed by atoms with E-state index in [4.69, 9.17) is 23.2 Å². The zero-order valence-corrected chi connectivity index (χ0v) is 14.6. The lowest BCUT2D eigenvalue weighted by Gasteiger charge is -2.06. The third-order valence-electron chi connectivity index (χ3n) is 2.68. The van der Waals surface area contributed by atoms with Crippen molar-refractivity contribution in [1.82, 2.24) is 15.0 Å². The molecular formula is C14H14Cl2N4O2S. The smallest absolute Gasteiger partial charge is 0.251 e. The van der Waals surface area contributed by atoms with Gasteiger partial charge in [0, 0.05) is 18.0 Å².